The lowest BCUT2D eigenvalue weighted by Crippen LogP contribution is -2.61. The fourth-order valence-electron chi connectivity index (χ4n) is 2.36. The largest absolute Gasteiger partial charge is 0.444 e. The third-order valence-corrected chi connectivity index (χ3v) is 3.33. The number of hydrogen-bond acceptors (Lipinski definition) is 3. The third kappa shape index (κ3) is 3.87. The van der Waals surface area contributed by atoms with Crippen molar-refractivity contribution in [1.82, 2.24) is 10.2 Å². The van der Waals surface area contributed by atoms with Crippen LogP contribution in [0.25, 0.3) is 0 Å². The van der Waals surface area contributed by atoms with Gasteiger partial charge in [0.15, 0.2) is 0 Å². The molecule has 1 saturated heterocycles. The average Bonchev–Trinajstić information content (AvgIpc) is 2.25. The SMILES string of the molecule is CCC1CNC[C@@H](C(C)C)N1C(=O)OC(C)(C)C. The molecule has 4 heteroatoms. The number of amides is 1. The van der Waals surface area contributed by atoms with E-state index in [0.29, 0.717) is 5.92 Å². The Hall–Kier alpha value is -0.770. The molecule has 0 aromatic heterocycles. The number of rotatable bonds is 2. The predicted molar refractivity (Wildman–Crippen MR) is 73.6 cm³/mol. The van der Waals surface area contributed by atoms with Crippen molar-refractivity contribution < 1.29 is 9.53 Å². The highest BCUT2D eigenvalue weighted by molar-refractivity contribution is 5.69. The van der Waals surface area contributed by atoms with Gasteiger partial charge in [0.1, 0.15) is 5.60 Å². The van der Waals surface area contributed by atoms with E-state index in [1.165, 1.54) is 0 Å². The van der Waals surface area contributed by atoms with Crippen LogP contribution < -0.4 is 5.32 Å². The monoisotopic (exact) mass is 256 g/mol. The molecule has 1 fully saturated rings. The van der Waals surface area contributed by atoms with E-state index in [1.807, 2.05) is 25.7 Å². The standard InChI is InChI=1S/C14H28N2O2/c1-7-11-8-15-9-12(10(2)3)16(11)13(17)18-14(4,5)6/h10-12,15H,7-9H2,1-6H3/t11?,12-/m0/s1. The molecule has 0 aromatic carbocycles. The minimum absolute atomic E-state index is 0.172. The molecule has 0 spiro atoms. The van der Waals surface area contributed by atoms with Crippen LogP contribution in [0.1, 0.15) is 48.0 Å². The first kappa shape index (κ1) is 15.3. The number of piperazine rings is 1. The molecule has 0 radical (unpaired) electrons. The molecule has 1 amide bonds. The molecule has 1 rings (SSSR count). The predicted octanol–water partition coefficient (Wildman–Crippen LogP) is 2.63. The van der Waals surface area contributed by atoms with Gasteiger partial charge in [-0.15, -0.1) is 0 Å². The van der Waals surface area contributed by atoms with E-state index in [1.54, 1.807) is 0 Å². The van der Waals surface area contributed by atoms with Crippen LogP contribution in [-0.4, -0.2) is 41.8 Å². The van der Waals surface area contributed by atoms with Gasteiger partial charge in [-0.05, 0) is 33.1 Å². The quantitative estimate of drug-likeness (QED) is 0.826. The Morgan fingerprint density at radius 3 is 2.44 bits per heavy atom. The van der Waals surface area contributed by atoms with Crippen molar-refractivity contribution >= 4 is 6.09 Å². The van der Waals surface area contributed by atoms with E-state index in [9.17, 15) is 4.79 Å². The van der Waals surface area contributed by atoms with Crippen molar-refractivity contribution in [1.29, 1.82) is 0 Å². The molecule has 1 unspecified atom stereocenters. The first-order valence-electron chi connectivity index (χ1n) is 6.98. The van der Waals surface area contributed by atoms with Crippen LogP contribution in [0, 0.1) is 5.92 Å². The van der Waals surface area contributed by atoms with Gasteiger partial charge in [0.2, 0.25) is 0 Å². The Kier molecular flexibility index (Phi) is 5.02. The van der Waals surface area contributed by atoms with E-state index >= 15 is 0 Å². The molecule has 18 heavy (non-hydrogen) atoms. The highest BCUT2D eigenvalue weighted by Gasteiger charge is 2.37. The van der Waals surface area contributed by atoms with Crippen molar-refractivity contribution in [2.75, 3.05) is 13.1 Å². The lowest BCUT2D eigenvalue weighted by atomic mass is 9.97. The van der Waals surface area contributed by atoms with Crippen LogP contribution in [0.15, 0.2) is 0 Å². The molecule has 0 aromatic rings. The summed E-state index contributed by atoms with van der Waals surface area (Å²) >= 11 is 0. The summed E-state index contributed by atoms with van der Waals surface area (Å²) in [4.78, 5) is 14.3. The zero-order valence-corrected chi connectivity index (χ0v) is 12.6. The van der Waals surface area contributed by atoms with Crippen LogP contribution in [0.5, 0.6) is 0 Å². The molecule has 1 aliphatic rings. The van der Waals surface area contributed by atoms with Gasteiger partial charge in [0.05, 0.1) is 6.04 Å². The molecule has 2 atom stereocenters. The fourth-order valence-corrected chi connectivity index (χ4v) is 2.36. The summed E-state index contributed by atoms with van der Waals surface area (Å²) in [6.45, 7) is 13.9. The molecule has 1 heterocycles. The Balaban J connectivity index is 2.85. The van der Waals surface area contributed by atoms with Crippen molar-refractivity contribution in [2.24, 2.45) is 5.92 Å². The van der Waals surface area contributed by atoms with Crippen LogP contribution in [0.2, 0.25) is 0 Å². The number of carbonyl (C=O) groups is 1. The van der Waals surface area contributed by atoms with Crippen molar-refractivity contribution in [3.8, 4) is 0 Å². The molecule has 0 saturated carbocycles. The third-order valence-electron chi connectivity index (χ3n) is 3.33. The van der Waals surface area contributed by atoms with Gasteiger partial charge >= 0.3 is 6.09 Å². The first-order valence-corrected chi connectivity index (χ1v) is 6.98. The van der Waals surface area contributed by atoms with Crippen LogP contribution in [-0.2, 0) is 4.74 Å². The Morgan fingerprint density at radius 1 is 1.39 bits per heavy atom. The van der Waals surface area contributed by atoms with Crippen molar-refractivity contribution in [3.05, 3.63) is 0 Å². The number of nitrogens with one attached hydrogen (secondary N) is 1. The summed E-state index contributed by atoms with van der Waals surface area (Å²) in [6.07, 6.45) is 0.782. The van der Waals surface area contributed by atoms with Gasteiger partial charge < -0.3 is 10.1 Å². The van der Waals surface area contributed by atoms with Gasteiger partial charge in [-0.1, -0.05) is 20.8 Å². The van der Waals surface area contributed by atoms with E-state index < -0.39 is 5.60 Å². The molecule has 1 aliphatic heterocycles. The summed E-state index contributed by atoms with van der Waals surface area (Å²) in [5.41, 5.74) is -0.429. The zero-order valence-electron chi connectivity index (χ0n) is 12.6. The van der Waals surface area contributed by atoms with Crippen molar-refractivity contribution in [3.63, 3.8) is 0 Å². The van der Waals surface area contributed by atoms with Crippen LogP contribution in [0.4, 0.5) is 4.79 Å². The maximum atomic E-state index is 12.4. The number of nitrogens with zero attached hydrogens (tertiary/aromatic N) is 1. The molecule has 0 bridgehead atoms. The minimum atomic E-state index is -0.429. The Labute approximate surface area is 111 Å². The van der Waals surface area contributed by atoms with Gasteiger partial charge in [0.25, 0.3) is 0 Å². The highest BCUT2D eigenvalue weighted by atomic mass is 16.6. The summed E-state index contributed by atoms with van der Waals surface area (Å²) in [5, 5.41) is 3.42. The summed E-state index contributed by atoms with van der Waals surface area (Å²) in [6, 6.07) is 0.458. The van der Waals surface area contributed by atoms with Gasteiger partial charge in [0, 0.05) is 19.1 Å². The van der Waals surface area contributed by atoms with E-state index in [4.69, 9.17) is 4.74 Å². The van der Waals surface area contributed by atoms with Gasteiger partial charge in [-0.2, -0.15) is 0 Å². The maximum absolute atomic E-state index is 12.4. The number of carbonyl (C=O) groups excluding carboxylic acids is 1. The second kappa shape index (κ2) is 5.91. The van der Waals surface area contributed by atoms with E-state index in [0.717, 1.165) is 19.5 Å². The number of hydrogen-bond donors (Lipinski definition) is 1. The average molecular weight is 256 g/mol. The minimum Gasteiger partial charge on any atom is -0.444 e. The summed E-state index contributed by atoms with van der Waals surface area (Å²) in [7, 11) is 0. The van der Waals surface area contributed by atoms with Gasteiger partial charge in [-0.25, -0.2) is 4.79 Å². The lowest BCUT2D eigenvalue weighted by Gasteiger charge is -2.44. The van der Waals surface area contributed by atoms with Crippen LogP contribution in [0.3, 0.4) is 0 Å². The molecular weight excluding hydrogens is 228 g/mol. The molecule has 4 nitrogen and oxygen atoms in total. The lowest BCUT2D eigenvalue weighted by molar-refractivity contribution is -0.00951. The smallest absolute Gasteiger partial charge is 0.410 e. The molecular formula is C14H28N2O2. The second-order valence-corrected chi connectivity index (χ2v) is 6.42. The Morgan fingerprint density at radius 2 is 2.00 bits per heavy atom. The summed E-state index contributed by atoms with van der Waals surface area (Å²) in [5.74, 6) is 0.430. The second-order valence-electron chi connectivity index (χ2n) is 6.42. The highest BCUT2D eigenvalue weighted by Crippen LogP contribution is 2.22. The van der Waals surface area contributed by atoms with Gasteiger partial charge in [-0.3, -0.25) is 4.90 Å². The zero-order chi connectivity index (χ0) is 13.9. The van der Waals surface area contributed by atoms with Crippen molar-refractivity contribution in [2.45, 2.75) is 65.6 Å². The molecule has 1 N–H and O–H groups in total. The Bertz CT molecular complexity index is 284. The number of ether oxygens (including phenoxy) is 1. The van der Waals surface area contributed by atoms with Crippen LogP contribution >= 0.6 is 0 Å². The van der Waals surface area contributed by atoms with E-state index in [-0.39, 0.29) is 18.2 Å². The topological polar surface area (TPSA) is 41.6 Å². The summed E-state index contributed by atoms with van der Waals surface area (Å²) < 4.78 is 5.55. The maximum Gasteiger partial charge on any atom is 0.410 e. The normalized spacial score (nSPS) is 25.4. The van der Waals surface area contributed by atoms with E-state index in [2.05, 4.69) is 26.1 Å². The fraction of sp³-hybridized carbons (Fsp3) is 0.929. The molecule has 0 aliphatic carbocycles. The first-order chi connectivity index (χ1) is 8.26. The molecule has 106 valence electrons.